The van der Waals surface area contributed by atoms with Crippen molar-refractivity contribution < 1.29 is 24.5 Å². The Hall–Kier alpha value is -1.92. The van der Waals surface area contributed by atoms with Gasteiger partial charge in [-0.05, 0) is 64.2 Å². The van der Waals surface area contributed by atoms with E-state index < -0.39 is 12.1 Å². The van der Waals surface area contributed by atoms with Gasteiger partial charge in [-0.1, -0.05) is 211 Å². The third kappa shape index (κ3) is 43.5. The molecule has 3 N–H and O–H groups in total. The van der Waals surface area contributed by atoms with E-state index in [1.165, 1.54) is 161 Å². The minimum Gasteiger partial charge on any atom is -0.466 e. The van der Waals surface area contributed by atoms with E-state index >= 15 is 0 Å². The van der Waals surface area contributed by atoms with Crippen molar-refractivity contribution in [2.75, 3.05) is 13.2 Å². The topological polar surface area (TPSA) is 95.9 Å². The van der Waals surface area contributed by atoms with Crippen molar-refractivity contribution in [1.29, 1.82) is 0 Å². The second kappa shape index (κ2) is 46.8. The van der Waals surface area contributed by atoms with Crippen LogP contribution in [0.3, 0.4) is 0 Å². The number of amides is 1. The molecule has 57 heavy (non-hydrogen) atoms. The zero-order valence-corrected chi connectivity index (χ0v) is 37.8. The summed E-state index contributed by atoms with van der Waals surface area (Å²) < 4.78 is 5.46. The lowest BCUT2D eigenvalue weighted by atomic mass is 10.0. The van der Waals surface area contributed by atoms with E-state index in [1.807, 2.05) is 6.08 Å². The van der Waals surface area contributed by atoms with Gasteiger partial charge in [0.1, 0.15) is 0 Å². The van der Waals surface area contributed by atoms with Crippen molar-refractivity contribution in [3.8, 4) is 0 Å². The Kier molecular flexibility index (Phi) is 45.2. The van der Waals surface area contributed by atoms with Crippen LogP contribution in [-0.4, -0.2) is 47.4 Å². The molecule has 2 unspecified atom stereocenters. The van der Waals surface area contributed by atoms with E-state index in [-0.39, 0.29) is 18.5 Å². The number of aliphatic hydroxyl groups excluding tert-OH is 2. The minimum atomic E-state index is -0.848. The SMILES string of the molecule is CCCCCC/C=C\C/C=C\CCCCCCCC(=O)OCCCCCCCCCCCCCCCCCC(=O)NC(CO)C(O)/C=C/CCCCCCCCC. The summed E-state index contributed by atoms with van der Waals surface area (Å²) in [6.07, 6.45) is 55.7. The quantitative estimate of drug-likeness (QED) is 0.0324. The van der Waals surface area contributed by atoms with Gasteiger partial charge in [0.05, 0.1) is 25.4 Å². The Morgan fingerprint density at radius 2 is 0.877 bits per heavy atom. The molecule has 334 valence electrons. The molecule has 6 heteroatoms. The number of unbranched alkanes of at least 4 members (excludes halogenated alkanes) is 30. The zero-order valence-electron chi connectivity index (χ0n) is 37.8. The number of hydrogen-bond acceptors (Lipinski definition) is 5. The van der Waals surface area contributed by atoms with Crippen molar-refractivity contribution in [3.63, 3.8) is 0 Å². The highest BCUT2D eigenvalue weighted by molar-refractivity contribution is 5.76. The second-order valence-corrected chi connectivity index (χ2v) is 16.8. The molecule has 0 bridgehead atoms. The van der Waals surface area contributed by atoms with Crippen molar-refractivity contribution in [3.05, 3.63) is 36.5 Å². The van der Waals surface area contributed by atoms with Crippen LogP contribution >= 0.6 is 0 Å². The first-order valence-electron chi connectivity index (χ1n) is 24.8. The Morgan fingerprint density at radius 3 is 1.35 bits per heavy atom. The van der Waals surface area contributed by atoms with E-state index in [9.17, 15) is 19.8 Å². The van der Waals surface area contributed by atoms with Crippen LogP contribution in [0.25, 0.3) is 0 Å². The summed E-state index contributed by atoms with van der Waals surface area (Å²) in [5.41, 5.74) is 0. The summed E-state index contributed by atoms with van der Waals surface area (Å²) in [5.74, 6) is -0.0958. The van der Waals surface area contributed by atoms with E-state index in [0.29, 0.717) is 19.4 Å². The fraction of sp³-hybridized carbons (Fsp3) is 0.843. The molecule has 0 fully saturated rings. The lowest BCUT2D eigenvalue weighted by molar-refractivity contribution is -0.143. The summed E-state index contributed by atoms with van der Waals surface area (Å²) >= 11 is 0. The number of rotatable bonds is 45. The number of hydrogen-bond donors (Lipinski definition) is 3. The fourth-order valence-electron chi connectivity index (χ4n) is 7.31. The monoisotopic (exact) mass is 802 g/mol. The molecule has 0 rings (SSSR count). The Labute approximate surface area is 353 Å². The minimum absolute atomic E-state index is 0.0150. The first kappa shape index (κ1) is 55.1. The fourth-order valence-corrected chi connectivity index (χ4v) is 7.31. The molecule has 2 atom stereocenters. The van der Waals surface area contributed by atoms with Crippen LogP contribution in [0.5, 0.6) is 0 Å². The Balaban J connectivity index is 3.44. The Morgan fingerprint density at radius 1 is 0.491 bits per heavy atom. The van der Waals surface area contributed by atoms with Gasteiger partial charge in [-0.15, -0.1) is 0 Å². The molecule has 0 heterocycles. The summed E-state index contributed by atoms with van der Waals surface area (Å²) in [7, 11) is 0. The lowest BCUT2D eigenvalue weighted by Crippen LogP contribution is -2.45. The molecule has 0 aromatic rings. The van der Waals surface area contributed by atoms with Crippen LogP contribution in [0.15, 0.2) is 36.5 Å². The predicted octanol–water partition coefficient (Wildman–Crippen LogP) is 14.5. The van der Waals surface area contributed by atoms with Crippen LogP contribution in [-0.2, 0) is 14.3 Å². The standard InChI is InChI=1S/C51H95NO5/c1-3-5-7-9-11-13-14-15-16-19-22-25-29-33-37-41-45-51(56)57-46-42-38-34-30-26-23-20-17-18-21-24-28-32-36-40-44-50(55)52-48(47-53)49(54)43-39-35-31-27-12-10-8-6-4-2/h13-14,16,19,39,43,48-49,53-54H,3-12,15,17-18,20-38,40-42,44-47H2,1-2H3,(H,52,55)/b14-13-,19-16-,43-39+. The first-order valence-corrected chi connectivity index (χ1v) is 24.8. The maximum Gasteiger partial charge on any atom is 0.305 e. The van der Waals surface area contributed by atoms with Gasteiger partial charge in [0.2, 0.25) is 5.91 Å². The third-order valence-corrected chi connectivity index (χ3v) is 11.2. The largest absolute Gasteiger partial charge is 0.466 e. The normalized spacial score (nSPS) is 13.0. The smallest absolute Gasteiger partial charge is 0.305 e. The molecule has 0 spiro atoms. The van der Waals surface area contributed by atoms with Crippen LogP contribution in [0, 0.1) is 0 Å². The number of carbonyl (C=O) groups is 2. The summed E-state index contributed by atoms with van der Waals surface area (Å²) in [6, 6.07) is -0.633. The van der Waals surface area contributed by atoms with Gasteiger partial charge < -0.3 is 20.3 Å². The van der Waals surface area contributed by atoms with Crippen molar-refractivity contribution in [2.24, 2.45) is 0 Å². The molecule has 0 aliphatic carbocycles. The number of carbonyl (C=O) groups excluding carboxylic acids is 2. The Bertz CT molecular complexity index is 931. The molecule has 1 amide bonds. The van der Waals surface area contributed by atoms with Gasteiger partial charge in [-0.3, -0.25) is 9.59 Å². The predicted molar refractivity (Wildman–Crippen MR) is 246 cm³/mol. The second-order valence-electron chi connectivity index (χ2n) is 16.8. The van der Waals surface area contributed by atoms with Gasteiger partial charge in [-0.25, -0.2) is 0 Å². The van der Waals surface area contributed by atoms with E-state index in [4.69, 9.17) is 4.74 Å². The zero-order chi connectivity index (χ0) is 41.5. The van der Waals surface area contributed by atoms with Crippen molar-refractivity contribution in [1.82, 2.24) is 5.32 Å². The lowest BCUT2D eigenvalue weighted by Gasteiger charge is -2.20. The van der Waals surface area contributed by atoms with Crippen LogP contribution in [0.4, 0.5) is 0 Å². The maximum absolute atomic E-state index is 12.4. The molecule has 0 saturated heterocycles. The number of allylic oxidation sites excluding steroid dienone is 5. The number of aliphatic hydroxyl groups is 2. The van der Waals surface area contributed by atoms with Crippen LogP contribution in [0.1, 0.15) is 251 Å². The summed E-state index contributed by atoms with van der Waals surface area (Å²) in [4.78, 5) is 24.4. The maximum atomic E-state index is 12.4. The van der Waals surface area contributed by atoms with Crippen molar-refractivity contribution in [2.45, 2.75) is 264 Å². The molecule has 0 saturated carbocycles. The number of esters is 1. The molecular formula is C51H95NO5. The molecule has 0 aliphatic rings. The van der Waals surface area contributed by atoms with Gasteiger partial charge in [0, 0.05) is 12.8 Å². The van der Waals surface area contributed by atoms with Crippen molar-refractivity contribution >= 4 is 11.9 Å². The average Bonchev–Trinajstić information content (AvgIpc) is 3.21. The van der Waals surface area contributed by atoms with E-state index in [2.05, 4.69) is 43.5 Å². The molecule has 6 nitrogen and oxygen atoms in total. The number of nitrogens with one attached hydrogen (secondary N) is 1. The van der Waals surface area contributed by atoms with Gasteiger partial charge in [0.15, 0.2) is 0 Å². The van der Waals surface area contributed by atoms with E-state index in [1.54, 1.807) is 6.08 Å². The average molecular weight is 802 g/mol. The highest BCUT2D eigenvalue weighted by Crippen LogP contribution is 2.15. The van der Waals surface area contributed by atoms with Gasteiger partial charge in [0.25, 0.3) is 0 Å². The van der Waals surface area contributed by atoms with Gasteiger partial charge >= 0.3 is 5.97 Å². The van der Waals surface area contributed by atoms with Crippen LogP contribution < -0.4 is 5.32 Å². The summed E-state index contributed by atoms with van der Waals surface area (Å²) in [5, 5.41) is 22.9. The molecule has 0 aromatic heterocycles. The highest BCUT2D eigenvalue weighted by Gasteiger charge is 2.18. The van der Waals surface area contributed by atoms with Crippen LogP contribution in [0.2, 0.25) is 0 Å². The van der Waals surface area contributed by atoms with Gasteiger partial charge in [-0.2, -0.15) is 0 Å². The molecule has 0 aliphatic heterocycles. The first-order chi connectivity index (χ1) is 28.0. The molecule has 0 aromatic carbocycles. The highest BCUT2D eigenvalue weighted by atomic mass is 16.5. The summed E-state index contributed by atoms with van der Waals surface area (Å²) in [6.45, 7) is 4.82. The molecule has 0 radical (unpaired) electrons. The molecular weight excluding hydrogens is 707 g/mol. The third-order valence-electron chi connectivity index (χ3n) is 11.2. The van der Waals surface area contributed by atoms with E-state index in [0.717, 1.165) is 64.2 Å². The number of ether oxygens (including phenoxy) is 1.